The van der Waals surface area contributed by atoms with Crippen molar-refractivity contribution in [3.05, 3.63) is 81.7 Å². The first-order valence-electron chi connectivity index (χ1n) is 10.2. The molecule has 1 aliphatic rings. The molecule has 168 valence electrons. The Morgan fingerprint density at radius 1 is 1.16 bits per heavy atom. The van der Waals surface area contributed by atoms with Gasteiger partial charge >= 0.3 is 0 Å². The molecule has 0 saturated carbocycles. The van der Waals surface area contributed by atoms with Crippen LogP contribution in [0.3, 0.4) is 0 Å². The fourth-order valence-electron chi connectivity index (χ4n) is 3.59. The van der Waals surface area contributed by atoms with Crippen LogP contribution >= 0.6 is 11.6 Å². The van der Waals surface area contributed by atoms with Gasteiger partial charge in [0.1, 0.15) is 18.2 Å². The lowest BCUT2D eigenvalue weighted by Gasteiger charge is -2.34. The van der Waals surface area contributed by atoms with Crippen LogP contribution in [0.2, 0.25) is 5.02 Å². The first-order valence-corrected chi connectivity index (χ1v) is 10.6. The molecule has 1 aliphatic heterocycles. The van der Waals surface area contributed by atoms with Crippen LogP contribution in [0, 0.1) is 18.6 Å². The van der Waals surface area contributed by atoms with Crippen molar-refractivity contribution in [2.75, 3.05) is 26.2 Å². The van der Waals surface area contributed by atoms with Gasteiger partial charge in [0.05, 0.1) is 5.56 Å². The van der Waals surface area contributed by atoms with E-state index in [1.54, 1.807) is 30.0 Å². The van der Waals surface area contributed by atoms with E-state index in [9.17, 15) is 13.6 Å². The van der Waals surface area contributed by atoms with Gasteiger partial charge in [0, 0.05) is 37.7 Å². The van der Waals surface area contributed by atoms with Crippen LogP contribution in [0.15, 0.2) is 47.0 Å². The zero-order valence-corrected chi connectivity index (χ0v) is 18.2. The summed E-state index contributed by atoms with van der Waals surface area (Å²) in [6, 6.07) is 10.4. The first kappa shape index (κ1) is 22.2. The molecule has 0 unspecified atom stereocenters. The molecule has 0 N–H and O–H groups in total. The van der Waals surface area contributed by atoms with Crippen LogP contribution in [0.5, 0.6) is 5.75 Å². The molecular formula is C23H22ClF2N3O3. The van der Waals surface area contributed by atoms with Crippen molar-refractivity contribution in [2.45, 2.75) is 20.1 Å². The molecule has 0 radical (unpaired) electrons. The average Bonchev–Trinajstić information content (AvgIpc) is 3.15. The molecule has 32 heavy (non-hydrogen) atoms. The summed E-state index contributed by atoms with van der Waals surface area (Å²) in [5.41, 5.74) is 1.51. The second-order valence-corrected chi connectivity index (χ2v) is 8.00. The second-order valence-electron chi connectivity index (χ2n) is 7.59. The van der Waals surface area contributed by atoms with Crippen molar-refractivity contribution in [1.82, 2.24) is 15.0 Å². The van der Waals surface area contributed by atoms with Crippen molar-refractivity contribution in [3.8, 4) is 5.75 Å². The first-order chi connectivity index (χ1) is 15.4. The fraction of sp³-hybridized carbons (Fsp3) is 0.304. The van der Waals surface area contributed by atoms with E-state index in [1.807, 2.05) is 0 Å². The van der Waals surface area contributed by atoms with Gasteiger partial charge in [-0.1, -0.05) is 35.0 Å². The van der Waals surface area contributed by atoms with E-state index in [1.165, 1.54) is 24.3 Å². The van der Waals surface area contributed by atoms with Crippen LogP contribution in [-0.4, -0.2) is 47.0 Å². The van der Waals surface area contributed by atoms with Gasteiger partial charge in [0.15, 0.2) is 17.3 Å². The minimum Gasteiger partial charge on any atom is -0.486 e. The third-order valence-corrected chi connectivity index (χ3v) is 5.82. The minimum absolute atomic E-state index is 0.0274. The molecule has 0 aliphatic carbocycles. The van der Waals surface area contributed by atoms with Gasteiger partial charge in [-0.25, -0.2) is 8.78 Å². The molecule has 0 atom stereocenters. The maximum Gasteiger partial charge on any atom is 0.276 e. The molecule has 0 bridgehead atoms. The third-order valence-electron chi connectivity index (χ3n) is 5.46. The molecule has 1 amide bonds. The standard InChI is InChI=1S/C23H22ClF2N3O3/c1-15-18(14-31-21-5-3-2-4-20(21)26)22(27-32-15)23(30)29-10-8-28(9-11-29)13-16-6-7-17(25)12-19(16)24/h2-7,12H,8-11,13-14H2,1H3. The SMILES string of the molecule is Cc1onc(C(=O)N2CCN(Cc3ccc(F)cc3Cl)CC2)c1COc1ccccc1F. The molecule has 1 fully saturated rings. The largest absolute Gasteiger partial charge is 0.486 e. The predicted molar refractivity (Wildman–Crippen MR) is 115 cm³/mol. The maximum atomic E-state index is 13.8. The van der Waals surface area contributed by atoms with E-state index < -0.39 is 5.82 Å². The summed E-state index contributed by atoms with van der Waals surface area (Å²) in [4.78, 5) is 16.9. The number of para-hydroxylation sites is 1. The van der Waals surface area contributed by atoms with E-state index in [2.05, 4.69) is 10.1 Å². The molecule has 0 spiro atoms. The Labute approximate surface area is 189 Å². The number of ether oxygens (including phenoxy) is 1. The molecule has 2 heterocycles. The van der Waals surface area contributed by atoms with Gasteiger partial charge in [-0.3, -0.25) is 9.69 Å². The number of rotatable bonds is 6. The minimum atomic E-state index is -0.480. The Morgan fingerprint density at radius 3 is 2.62 bits per heavy atom. The summed E-state index contributed by atoms with van der Waals surface area (Å²) in [6.07, 6.45) is 0. The van der Waals surface area contributed by atoms with E-state index >= 15 is 0 Å². The lowest BCUT2D eigenvalue weighted by molar-refractivity contribution is 0.0616. The highest BCUT2D eigenvalue weighted by Crippen LogP contribution is 2.23. The van der Waals surface area contributed by atoms with E-state index in [0.717, 1.165) is 5.56 Å². The van der Waals surface area contributed by atoms with Crippen LogP contribution < -0.4 is 4.74 Å². The van der Waals surface area contributed by atoms with Gasteiger partial charge in [-0.05, 0) is 36.8 Å². The molecule has 6 nitrogen and oxygen atoms in total. The maximum absolute atomic E-state index is 13.8. The molecule has 2 aromatic carbocycles. The molecule has 1 saturated heterocycles. The highest BCUT2D eigenvalue weighted by Gasteiger charge is 2.28. The van der Waals surface area contributed by atoms with Gasteiger partial charge in [0.2, 0.25) is 0 Å². The molecule has 1 aromatic heterocycles. The zero-order valence-electron chi connectivity index (χ0n) is 17.5. The number of hydrogen-bond acceptors (Lipinski definition) is 5. The van der Waals surface area contributed by atoms with Crippen LogP contribution in [0.1, 0.15) is 27.4 Å². The molecular weight excluding hydrogens is 440 g/mol. The van der Waals surface area contributed by atoms with Gasteiger partial charge in [-0.15, -0.1) is 0 Å². The number of nitrogens with zero attached hydrogens (tertiary/aromatic N) is 3. The number of benzene rings is 2. The van der Waals surface area contributed by atoms with Crippen molar-refractivity contribution in [2.24, 2.45) is 0 Å². The predicted octanol–water partition coefficient (Wildman–Crippen LogP) is 4.45. The third kappa shape index (κ3) is 4.92. The van der Waals surface area contributed by atoms with Crippen LogP contribution in [-0.2, 0) is 13.2 Å². The van der Waals surface area contributed by atoms with E-state index in [0.29, 0.717) is 49.1 Å². The Bertz CT molecular complexity index is 1110. The monoisotopic (exact) mass is 461 g/mol. The summed E-state index contributed by atoms with van der Waals surface area (Å²) in [6.45, 7) is 4.50. The number of carbonyl (C=O) groups excluding carboxylic acids is 1. The Kier molecular flexibility index (Phi) is 6.72. The van der Waals surface area contributed by atoms with Crippen molar-refractivity contribution in [1.29, 1.82) is 0 Å². The number of aromatic nitrogens is 1. The number of halogens is 3. The number of aryl methyl sites for hydroxylation is 1. The fourth-order valence-corrected chi connectivity index (χ4v) is 3.82. The van der Waals surface area contributed by atoms with Gasteiger partial charge in [-0.2, -0.15) is 0 Å². The summed E-state index contributed by atoms with van der Waals surface area (Å²) < 4.78 is 37.9. The Hall–Kier alpha value is -2.97. The van der Waals surface area contributed by atoms with E-state index in [-0.39, 0.29) is 29.8 Å². The van der Waals surface area contributed by atoms with Crippen molar-refractivity contribution >= 4 is 17.5 Å². The molecule has 3 aromatic rings. The normalized spacial score (nSPS) is 14.6. The highest BCUT2D eigenvalue weighted by atomic mass is 35.5. The topological polar surface area (TPSA) is 58.8 Å². The summed E-state index contributed by atoms with van der Waals surface area (Å²) in [5.74, 6) is -0.555. The summed E-state index contributed by atoms with van der Waals surface area (Å²) in [7, 11) is 0. The van der Waals surface area contributed by atoms with Crippen molar-refractivity contribution < 1.29 is 22.8 Å². The van der Waals surface area contributed by atoms with Gasteiger partial charge < -0.3 is 14.2 Å². The summed E-state index contributed by atoms with van der Waals surface area (Å²) >= 11 is 6.13. The van der Waals surface area contributed by atoms with Crippen LogP contribution in [0.25, 0.3) is 0 Å². The molecule has 4 rings (SSSR count). The quantitative estimate of drug-likeness (QED) is 0.542. The lowest BCUT2D eigenvalue weighted by Crippen LogP contribution is -2.48. The summed E-state index contributed by atoms with van der Waals surface area (Å²) in [5, 5.41) is 4.32. The lowest BCUT2D eigenvalue weighted by atomic mass is 10.1. The van der Waals surface area contributed by atoms with Gasteiger partial charge in [0.25, 0.3) is 5.91 Å². The smallest absolute Gasteiger partial charge is 0.276 e. The van der Waals surface area contributed by atoms with Crippen molar-refractivity contribution in [3.63, 3.8) is 0 Å². The number of hydrogen-bond donors (Lipinski definition) is 0. The number of carbonyl (C=O) groups is 1. The Morgan fingerprint density at radius 2 is 1.91 bits per heavy atom. The zero-order chi connectivity index (χ0) is 22.7. The number of amides is 1. The Balaban J connectivity index is 1.37. The van der Waals surface area contributed by atoms with Crippen LogP contribution in [0.4, 0.5) is 8.78 Å². The molecule has 9 heteroatoms. The average molecular weight is 462 g/mol. The van der Waals surface area contributed by atoms with E-state index in [4.69, 9.17) is 20.9 Å². The highest BCUT2D eigenvalue weighted by molar-refractivity contribution is 6.31. The number of piperazine rings is 1. The second kappa shape index (κ2) is 9.67.